The smallest absolute Gasteiger partial charge is 0.306 e. The van der Waals surface area contributed by atoms with Gasteiger partial charge in [-0.1, -0.05) is 35.9 Å². The zero-order valence-corrected chi connectivity index (χ0v) is 11.4. The number of nitrogens with one attached hydrogen (secondary N) is 1. The second kappa shape index (κ2) is 4.81. The molecule has 0 bridgehead atoms. The minimum atomic E-state index is -0.252. The average Bonchev–Trinajstić information content (AvgIpc) is 2.86. The molecule has 0 saturated carbocycles. The van der Waals surface area contributed by atoms with E-state index in [0.29, 0.717) is 0 Å². The van der Waals surface area contributed by atoms with Gasteiger partial charge in [-0.05, 0) is 31.5 Å². The molecule has 1 N–H and O–H groups in total. The molecule has 0 aliphatic rings. The van der Waals surface area contributed by atoms with Crippen LogP contribution in [0.4, 0.5) is 10.5 Å². The lowest BCUT2D eigenvalue weighted by Gasteiger charge is -2.09. The molecule has 1 heterocycles. The van der Waals surface area contributed by atoms with Gasteiger partial charge in [0.1, 0.15) is 0 Å². The Morgan fingerprint density at radius 2 is 1.95 bits per heavy atom. The van der Waals surface area contributed by atoms with E-state index in [4.69, 9.17) is 0 Å². The number of fused-ring (bicyclic) bond motifs is 1. The molecule has 3 aromatic rings. The predicted octanol–water partition coefficient (Wildman–Crippen LogP) is 3.73. The molecular weight excluding hydrogens is 250 g/mol. The van der Waals surface area contributed by atoms with Crippen LogP contribution in [0.5, 0.6) is 0 Å². The number of hydrogen-bond acceptors (Lipinski definition) is 2. The lowest BCUT2D eigenvalue weighted by molar-refractivity contribution is 0.252. The standard InChI is InChI=1S/C16H15N3O/c1-11-7-8-14(12(2)9-11)18-16(20)19-15-6-4-3-5-13(15)10-17-19/h3-10H,1-2H3,(H,18,20). The third-order valence-electron chi connectivity index (χ3n) is 3.29. The number of carbonyl (C=O) groups excluding carboxylic acids is 1. The van der Waals surface area contributed by atoms with Crippen molar-refractivity contribution in [3.8, 4) is 0 Å². The van der Waals surface area contributed by atoms with Crippen LogP contribution in [0.25, 0.3) is 10.9 Å². The number of nitrogens with zero attached hydrogens (tertiary/aromatic N) is 2. The highest BCUT2D eigenvalue weighted by Gasteiger charge is 2.11. The highest BCUT2D eigenvalue weighted by molar-refractivity contribution is 5.97. The fourth-order valence-electron chi connectivity index (χ4n) is 2.26. The second-order valence-electron chi connectivity index (χ2n) is 4.86. The minimum Gasteiger partial charge on any atom is -0.306 e. The second-order valence-corrected chi connectivity index (χ2v) is 4.86. The van der Waals surface area contributed by atoms with Crippen molar-refractivity contribution >= 4 is 22.6 Å². The van der Waals surface area contributed by atoms with Crippen molar-refractivity contribution in [2.75, 3.05) is 5.32 Å². The van der Waals surface area contributed by atoms with Crippen molar-refractivity contribution < 1.29 is 4.79 Å². The van der Waals surface area contributed by atoms with Crippen molar-refractivity contribution in [2.45, 2.75) is 13.8 Å². The van der Waals surface area contributed by atoms with Crippen LogP contribution in [0.15, 0.2) is 48.7 Å². The van der Waals surface area contributed by atoms with Gasteiger partial charge in [-0.2, -0.15) is 9.78 Å². The van der Waals surface area contributed by atoms with Gasteiger partial charge in [0.05, 0.1) is 11.7 Å². The van der Waals surface area contributed by atoms with E-state index in [9.17, 15) is 4.79 Å². The monoisotopic (exact) mass is 265 g/mol. The van der Waals surface area contributed by atoms with Crippen LogP contribution in [0.1, 0.15) is 11.1 Å². The normalized spacial score (nSPS) is 10.7. The Morgan fingerprint density at radius 3 is 2.75 bits per heavy atom. The van der Waals surface area contributed by atoms with E-state index in [-0.39, 0.29) is 6.03 Å². The van der Waals surface area contributed by atoms with Crippen LogP contribution >= 0.6 is 0 Å². The van der Waals surface area contributed by atoms with Crippen molar-refractivity contribution in [3.05, 3.63) is 59.8 Å². The van der Waals surface area contributed by atoms with Gasteiger partial charge in [0.2, 0.25) is 0 Å². The maximum Gasteiger partial charge on any atom is 0.347 e. The SMILES string of the molecule is Cc1ccc(NC(=O)n2ncc3ccccc32)c(C)c1. The summed E-state index contributed by atoms with van der Waals surface area (Å²) in [5.74, 6) is 0. The molecule has 0 spiro atoms. The molecule has 2 aromatic carbocycles. The third-order valence-corrected chi connectivity index (χ3v) is 3.29. The first-order chi connectivity index (χ1) is 9.65. The van der Waals surface area contributed by atoms with Crippen LogP contribution < -0.4 is 5.32 Å². The van der Waals surface area contributed by atoms with Crippen LogP contribution in [-0.4, -0.2) is 15.8 Å². The Morgan fingerprint density at radius 1 is 1.15 bits per heavy atom. The van der Waals surface area contributed by atoms with Crippen LogP contribution in [0.3, 0.4) is 0 Å². The molecule has 0 atom stereocenters. The molecular formula is C16H15N3O. The van der Waals surface area contributed by atoms with Gasteiger partial charge in [0, 0.05) is 11.1 Å². The zero-order chi connectivity index (χ0) is 14.1. The summed E-state index contributed by atoms with van der Waals surface area (Å²) in [6.07, 6.45) is 1.69. The summed E-state index contributed by atoms with van der Waals surface area (Å²) >= 11 is 0. The van der Waals surface area contributed by atoms with Gasteiger partial charge in [0.25, 0.3) is 0 Å². The van der Waals surface area contributed by atoms with E-state index in [1.54, 1.807) is 6.20 Å². The van der Waals surface area contributed by atoms with Crippen LogP contribution in [0, 0.1) is 13.8 Å². The van der Waals surface area contributed by atoms with Crippen molar-refractivity contribution in [1.82, 2.24) is 9.78 Å². The molecule has 0 radical (unpaired) electrons. The Hall–Kier alpha value is -2.62. The quantitative estimate of drug-likeness (QED) is 0.728. The summed E-state index contributed by atoms with van der Waals surface area (Å²) in [4.78, 5) is 12.3. The zero-order valence-electron chi connectivity index (χ0n) is 11.4. The average molecular weight is 265 g/mol. The largest absolute Gasteiger partial charge is 0.347 e. The molecule has 0 aliphatic heterocycles. The summed E-state index contributed by atoms with van der Waals surface area (Å²) in [7, 11) is 0. The van der Waals surface area contributed by atoms with Crippen molar-refractivity contribution in [3.63, 3.8) is 0 Å². The summed E-state index contributed by atoms with van der Waals surface area (Å²) in [6.45, 7) is 4.00. The topological polar surface area (TPSA) is 46.9 Å². The van der Waals surface area contributed by atoms with Gasteiger partial charge in [0.15, 0.2) is 0 Å². The molecule has 4 heteroatoms. The van der Waals surface area contributed by atoms with Crippen LogP contribution in [0.2, 0.25) is 0 Å². The molecule has 3 rings (SSSR count). The lowest BCUT2D eigenvalue weighted by atomic mass is 10.1. The first-order valence-corrected chi connectivity index (χ1v) is 6.46. The number of aromatic nitrogens is 2. The predicted molar refractivity (Wildman–Crippen MR) is 80.1 cm³/mol. The molecule has 0 saturated heterocycles. The number of rotatable bonds is 1. The molecule has 0 fully saturated rings. The molecule has 1 amide bonds. The number of hydrogen-bond donors (Lipinski definition) is 1. The van der Waals surface area contributed by atoms with E-state index < -0.39 is 0 Å². The van der Waals surface area contributed by atoms with Gasteiger partial charge in [-0.15, -0.1) is 0 Å². The van der Waals surface area contributed by atoms with Gasteiger partial charge in [-0.25, -0.2) is 4.79 Å². The third kappa shape index (κ3) is 2.16. The lowest BCUT2D eigenvalue weighted by Crippen LogP contribution is -2.20. The van der Waals surface area contributed by atoms with Gasteiger partial charge >= 0.3 is 6.03 Å². The summed E-state index contributed by atoms with van der Waals surface area (Å²) in [5, 5.41) is 7.98. The maximum absolute atomic E-state index is 12.3. The number of amides is 1. The molecule has 0 unspecified atom stereocenters. The Bertz CT molecular complexity index is 789. The summed E-state index contributed by atoms with van der Waals surface area (Å²) in [5.41, 5.74) is 3.81. The van der Waals surface area contributed by atoms with Crippen molar-refractivity contribution in [2.24, 2.45) is 0 Å². The molecule has 0 aliphatic carbocycles. The molecule has 4 nitrogen and oxygen atoms in total. The fourth-order valence-corrected chi connectivity index (χ4v) is 2.26. The number of anilines is 1. The Labute approximate surface area is 117 Å². The van der Waals surface area contributed by atoms with E-state index in [2.05, 4.69) is 10.4 Å². The van der Waals surface area contributed by atoms with E-state index in [1.807, 2.05) is 56.3 Å². The summed E-state index contributed by atoms with van der Waals surface area (Å²) < 4.78 is 1.38. The van der Waals surface area contributed by atoms with E-state index in [1.165, 1.54) is 10.2 Å². The maximum atomic E-state index is 12.3. The first-order valence-electron chi connectivity index (χ1n) is 6.46. The van der Waals surface area contributed by atoms with Gasteiger partial charge in [-0.3, -0.25) is 0 Å². The highest BCUT2D eigenvalue weighted by atomic mass is 16.2. The minimum absolute atomic E-state index is 0.252. The van der Waals surface area contributed by atoms with Crippen LogP contribution in [-0.2, 0) is 0 Å². The Kier molecular flexibility index (Phi) is 2.99. The fraction of sp³-hybridized carbons (Fsp3) is 0.125. The first kappa shape index (κ1) is 12.4. The number of aryl methyl sites for hydroxylation is 2. The van der Waals surface area contributed by atoms with Gasteiger partial charge < -0.3 is 5.32 Å². The molecule has 20 heavy (non-hydrogen) atoms. The molecule has 100 valence electrons. The Balaban J connectivity index is 1.93. The number of benzene rings is 2. The van der Waals surface area contributed by atoms with E-state index >= 15 is 0 Å². The molecule has 1 aromatic heterocycles. The van der Waals surface area contributed by atoms with Crippen molar-refractivity contribution in [1.29, 1.82) is 0 Å². The number of carbonyl (C=O) groups is 1. The summed E-state index contributed by atoms with van der Waals surface area (Å²) in [6, 6.07) is 13.3. The van der Waals surface area contributed by atoms with E-state index in [0.717, 1.165) is 22.2 Å². The highest BCUT2D eigenvalue weighted by Crippen LogP contribution is 2.18. The number of para-hydroxylation sites is 1.